The molecule has 2 aliphatic rings. The lowest BCUT2D eigenvalue weighted by Gasteiger charge is -2.28. The average molecular weight is 459 g/mol. The van der Waals surface area contributed by atoms with Crippen molar-refractivity contribution in [1.82, 2.24) is 20.6 Å². The van der Waals surface area contributed by atoms with Crippen LogP contribution < -0.4 is 16.0 Å². The highest BCUT2D eigenvalue weighted by Crippen LogP contribution is 2.24. The zero-order valence-corrected chi connectivity index (χ0v) is 18.6. The minimum atomic E-state index is -0.616. The Labute approximate surface area is 192 Å². The number of nitrogens with one attached hydrogen (secondary N) is 3. The van der Waals surface area contributed by atoms with Crippen molar-refractivity contribution in [3.05, 3.63) is 53.1 Å². The van der Waals surface area contributed by atoms with E-state index in [9.17, 15) is 9.18 Å². The molecular formula is C23H28ClFN6O. The Hall–Kier alpha value is -2.74. The van der Waals surface area contributed by atoms with Crippen LogP contribution in [0.4, 0.5) is 10.3 Å². The Morgan fingerprint density at radius 3 is 2.44 bits per heavy atom. The number of anilines is 1. The molecule has 9 heteroatoms. The Morgan fingerprint density at radius 2 is 1.75 bits per heavy atom. The number of rotatable bonds is 5. The van der Waals surface area contributed by atoms with Gasteiger partial charge in [0, 0.05) is 30.0 Å². The number of aromatic nitrogens is 2. The van der Waals surface area contributed by atoms with E-state index in [0.717, 1.165) is 44.6 Å². The molecule has 1 aromatic carbocycles. The Morgan fingerprint density at radius 1 is 1.03 bits per heavy atom. The summed E-state index contributed by atoms with van der Waals surface area (Å²) in [4.78, 5) is 26.0. The smallest absolute Gasteiger partial charge is 0.258 e. The molecule has 0 atom stereocenters. The van der Waals surface area contributed by atoms with Crippen molar-refractivity contribution >= 4 is 29.4 Å². The van der Waals surface area contributed by atoms with Crippen molar-refractivity contribution in [3.8, 4) is 0 Å². The largest absolute Gasteiger partial charge is 0.353 e. The van der Waals surface area contributed by atoms with Crippen molar-refractivity contribution < 1.29 is 9.18 Å². The molecule has 1 amide bonds. The molecule has 4 rings (SSSR count). The maximum Gasteiger partial charge on any atom is 0.258 e. The molecule has 0 bridgehead atoms. The Bertz CT molecular complexity index is 943. The maximum atomic E-state index is 13.8. The van der Waals surface area contributed by atoms with Crippen LogP contribution in [0.15, 0.2) is 41.7 Å². The van der Waals surface area contributed by atoms with E-state index in [1.807, 2.05) is 0 Å². The van der Waals surface area contributed by atoms with E-state index < -0.39 is 11.7 Å². The van der Waals surface area contributed by atoms with Gasteiger partial charge in [0.1, 0.15) is 5.82 Å². The number of hydrogen-bond donors (Lipinski definition) is 3. The second kappa shape index (κ2) is 10.7. The second-order valence-electron chi connectivity index (χ2n) is 8.41. The summed E-state index contributed by atoms with van der Waals surface area (Å²) in [5.41, 5.74) is 0.212. The predicted molar refractivity (Wildman–Crippen MR) is 123 cm³/mol. The quantitative estimate of drug-likeness (QED) is 0.458. The predicted octanol–water partition coefficient (Wildman–Crippen LogP) is 4.31. The topological polar surface area (TPSA) is 91.3 Å². The average Bonchev–Trinajstić information content (AvgIpc) is 3.30. The van der Waals surface area contributed by atoms with E-state index >= 15 is 0 Å². The summed E-state index contributed by atoms with van der Waals surface area (Å²) in [6, 6.07) is 6.55. The van der Waals surface area contributed by atoms with Crippen LogP contribution in [-0.2, 0) is 0 Å². The van der Waals surface area contributed by atoms with Crippen molar-refractivity contribution in [3.63, 3.8) is 0 Å². The van der Waals surface area contributed by atoms with Gasteiger partial charge in [-0.05, 0) is 62.8 Å². The lowest BCUT2D eigenvalue weighted by Crippen LogP contribution is -2.46. The molecular weight excluding hydrogens is 431 g/mol. The third-order valence-electron chi connectivity index (χ3n) is 6.02. The van der Waals surface area contributed by atoms with Crippen LogP contribution >= 0.6 is 11.6 Å². The van der Waals surface area contributed by atoms with Gasteiger partial charge in [-0.1, -0.05) is 24.4 Å². The number of carbonyl (C=O) groups excluding carboxylic acids is 1. The number of amides is 1. The Balaban J connectivity index is 1.39. The molecule has 7 nitrogen and oxygen atoms in total. The summed E-state index contributed by atoms with van der Waals surface area (Å²) in [6.07, 6.45) is 11.6. The van der Waals surface area contributed by atoms with Crippen LogP contribution in [-0.4, -0.2) is 40.0 Å². The standard InChI is InChI=1S/C23H28ClFN6O/c24-19-11-6-15(14-20(19)25)21(32)31-23(29-16-4-1-2-5-16)30-18-9-7-17(8-10-18)28-22-26-12-3-13-27-22/h3,6,11-14,16-18H,1-2,4-5,7-10H2,(H,26,27,28)(H2,29,30,31,32). The summed E-state index contributed by atoms with van der Waals surface area (Å²) < 4.78 is 13.8. The fourth-order valence-corrected chi connectivity index (χ4v) is 4.39. The second-order valence-corrected chi connectivity index (χ2v) is 8.82. The monoisotopic (exact) mass is 458 g/mol. The SMILES string of the molecule is O=C(NC(=NC1CCC(Nc2ncccn2)CC1)NC1CCCC1)c1ccc(Cl)c(F)c1. The first-order valence-electron chi connectivity index (χ1n) is 11.2. The molecule has 1 heterocycles. The van der Waals surface area contributed by atoms with Crippen LogP contribution in [0.3, 0.4) is 0 Å². The van der Waals surface area contributed by atoms with Gasteiger partial charge in [-0.3, -0.25) is 10.1 Å². The van der Waals surface area contributed by atoms with Gasteiger partial charge in [0.25, 0.3) is 5.91 Å². The minimum Gasteiger partial charge on any atom is -0.353 e. The van der Waals surface area contributed by atoms with Gasteiger partial charge in [0.05, 0.1) is 11.1 Å². The fraction of sp³-hybridized carbons (Fsp3) is 0.478. The van der Waals surface area contributed by atoms with Gasteiger partial charge in [-0.15, -0.1) is 0 Å². The fourth-order valence-electron chi connectivity index (χ4n) is 4.27. The number of aliphatic imine (C=N–C) groups is 1. The highest BCUT2D eigenvalue weighted by atomic mass is 35.5. The molecule has 0 radical (unpaired) electrons. The van der Waals surface area contributed by atoms with Gasteiger partial charge in [0.15, 0.2) is 5.96 Å². The van der Waals surface area contributed by atoms with Crippen LogP contribution in [0, 0.1) is 5.82 Å². The zero-order chi connectivity index (χ0) is 22.3. The van der Waals surface area contributed by atoms with Gasteiger partial charge >= 0.3 is 0 Å². The summed E-state index contributed by atoms with van der Waals surface area (Å²) >= 11 is 5.74. The number of nitrogens with zero attached hydrogens (tertiary/aromatic N) is 3. The molecule has 2 aliphatic carbocycles. The maximum absolute atomic E-state index is 13.8. The highest BCUT2D eigenvalue weighted by molar-refractivity contribution is 6.30. The van der Waals surface area contributed by atoms with E-state index in [2.05, 4.69) is 25.9 Å². The first-order valence-corrected chi connectivity index (χ1v) is 11.6. The summed E-state index contributed by atoms with van der Waals surface area (Å²) in [5, 5.41) is 9.63. The van der Waals surface area contributed by atoms with Gasteiger partial charge in [-0.2, -0.15) is 0 Å². The van der Waals surface area contributed by atoms with Gasteiger partial charge in [-0.25, -0.2) is 19.4 Å². The molecule has 3 N–H and O–H groups in total. The van der Waals surface area contributed by atoms with E-state index in [1.54, 1.807) is 18.5 Å². The lowest BCUT2D eigenvalue weighted by molar-refractivity contribution is 0.0975. The van der Waals surface area contributed by atoms with Crippen LogP contribution in [0.2, 0.25) is 5.02 Å². The van der Waals surface area contributed by atoms with E-state index in [0.29, 0.717) is 24.0 Å². The van der Waals surface area contributed by atoms with Crippen LogP contribution in [0.5, 0.6) is 0 Å². The Kier molecular flexibility index (Phi) is 7.52. The third-order valence-corrected chi connectivity index (χ3v) is 6.32. The molecule has 0 unspecified atom stereocenters. The number of halogens is 2. The molecule has 2 fully saturated rings. The first kappa shape index (κ1) is 22.5. The van der Waals surface area contributed by atoms with Gasteiger partial charge < -0.3 is 10.6 Å². The number of benzene rings is 1. The first-order chi connectivity index (χ1) is 15.6. The van der Waals surface area contributed by atoms with Crippen LogP contribution in [0.1, 0.15) is 61.7 Å². The minimum absolute atomic E-state index is 0.00852. The molecule has 0 spiro atoms. The molecule has 2 aromatic rings. The molecule has 0 aliphatic heterocycles. The van der Waals surface area contributed by atoms with Gasteiger partial charge in [0.2, 0.25) is 5.95 Å². The summed E-state index contributed by atoms with van der Waals surface area (Å²) in [6.45, 7) is 0. The summed E-state index contributed by atoms with van der Waals surface area (Å²) in [7, 11) is 0. The molecule has 0 saturated heterocycles. The molecule has 1 aromatic heterocycles. The van der Waals surface area contributed by atoms with E-state index in [-0.39, 0.29) is 16.6 Å². The highest BCUT2D eigenvalue weighted by Gasteiger charge is 2.24. The zero-order valence-electron chi connectivity index (χ0n) is 17.9. The van der Waals surface area contributed by atoms with E-state index in [4.69, 9.17) is 16.6 Å². The lowest BCUT2D eigenvalue weighted by atomic mass is 9.91. The molecule has 2 saturated carbocycles. The number of guanidine groups is 1. The van der Waals surface area contributed by atoms with Crippen molar-refractivity contribution in [1.29, 1.82) is 0 Å². The van der Waals surface area contributed by atoms with Crippen LogP contribution in [0.25, 0.3) is 0 Å². The van der Waals surface area contributed by atoms with E-state index in [1.165, 1.54) is 25.0 Å². The van der Waals surface area contributed by atoms with Crippen molar-refractivity contribution in [2.75, 3.05) is 5.32 Å². The third kappa shape index (κ3) is 6.16. The molecule has 170 valence electrons. The van der Waals surface area contributed by atoms with Crippen molar-refractivity contribution in [2.45, 2.75) is 69.5 Å². The van der Waals surface area contributed by atoms with Crippen molar-refractivity contribution in [2.24, 2.45) is 4.99 Å². The number of carbonyl (C=O) groups is 1. The molecule has 32 heavy (non-hydrogen) atoms. The normalized spacial score (nSPS) is 21.9. The summed E-state index contributed by atoms with van der Waals surface area (Å²) in [5.74, 6) is 0.0988. The number of hydrogen-bond acceptors (Lipinski definition) is 5.